The van der Waals surface area contributed by atoms with Crippen LogP contribution in [0, 0.1) is 24.4 Å². The molecule has 0 aliphatic rings. The Balaban J connectivity index is 1.78. The minimum Gasteiger partial charge on any atom is -0.319 e. The Morgan fingerprint density at radius 2 is 1.45 bits per heavy atom. The standard InChI is InChI=1S/C20H15F3N2O3S/c1-12-4-2-3-5-18(12)25-29(27,28)14-8-6-13(7-9-14)20(26)24-19-11-16(22)15(21)10-17(19)23/h2-11,25H,1H3,(H,24,26). The van der Waals surface area contributed by atoms with E-state index in [9.17, 15) is 26.4 Å². The fourth-order valence-electron chi connectivity index (χ4n) is 2.49. The first-order chi connectivity index (χ1) is 13.7. The normalized spacial score (nSPS) is 11.2. The zero-order valence-corrected chi connectivity index (χ0v) is 15.9. The SMILES string of the molecule is Cc1ccccc1NS(=O)(=O)c1ccc(C(=O)Nc2cc(F)c(F)cc2F)cc1. The average molecular weight is 420 g/mol. The van der Waals surface area contributed by atoms with E-state index in [-0.39, 0.29) is 10.5 Å². The van der Waals surface area contributed by atoms with Crippen molar-refractivity contribution < 1.29 is 26.4 Å². The Labute approximate surface area is 165 Å². The number of sulfonamides is 1. The minimum atomic E-state index is -3.89. The summed E-state index contributed by atoms with van der Waals surface area (Å²) in [6.07, 6.45) is 0. The lowest BCUT2D eigenvalue weighted by Crippen LogP contribution is -2.16. The van der Waals surface area contributed by atoms with Crippen molar-refractivity contribution in [3.8, 4) is 0 Å². The fraction of sp³-hybridized carbons (Fsp3) is 0.0500. The summed E-state index contributed by atoms with van der Waals surface area (Å²) in [5, 5.41) is 2.11. The summed E-state index contributed by atoms with van der Waals surface area (Å²) in [7, 11) is -3.89. The monoisotopic (exact) mass is 420 g/mol. The van der Waals surface area contributed by atoms with Crippen molar-refractivity contribution in [1.29, 1.82) is 0 Å². The quantitative estimate of drug-likeness (QED) is 0.599. The van der Waals surface area contributed by atoms with E-state index in [0.29, 0.717) is 17.8 Å². The summed E-state index contributed by atoms with van der Waals surface area (Å²) >= 11 is 0. The van der Waals surface area contributed by atoms with Crippen molar-refractivity contribution in [3.63, 3.8) is 0 Å². The van der Waals surface area contributed by atoms with Gasteiger partial charge in [0.05, 0.1) is 16.3 Å². The minimum absolute atomic E-state index is 0.00368. The molecule has 2 N–H and O–H groups in total. The molecule has 0 aromatic heterocycles. The molecule has 0 spiro atoms. The molecule has 5 nitrogen and oxygen atoms in total. The Kier molecular flexibility index (Phi) is 5.60. The summed E-state index contributed by atoms with van der Waals surface area (Å²) in [5.74, 6) is -4.65. The third kappa shape index (κ3) is 4.57. The van der Waals surface area contributed by atoms with Crippen molar-refractivity contribution in [2.75, 3.05) is 10.0 Å². The van der Waals surface area contributed by atoms with Gasteiger partial charge in [-0.25, -0.2) is 21.6 Å². The summed E-state index contributed by atoms with van der Waals surface area (Å²) in [5.41, 5.74) is 0.625. The van der Waals surface area contributed by atoms with E-state index in [1.807, 2.05) is 0 Å². The highest BCUT2D eigenvalue weighted by Crippen LogP contribution is 2.21. The highest BCUT2D eigenvalue weighted by molar-refractivity contribution is 7.92. The van der Waals surface area contributed by atoms with Crippen LogP contribution in [0.25, 0.3) is 0 Å². The molecule has 0 heterocycles. The molecular weight excluding hydrogens is 405 g/mol. The number of carbonyl (C=O) groups excluding carboxylic acids is 1. The second-order valence-corrected chi connectivity index (χ2v) is 7.83. The molecule has 0 aliphatic heterocycles. The van der Waals surface area contributed by atoms with Crippen LogP contribution in [-0.2, 0) is 10.0 Å². The van der Waals surface area contributed by atoms with Crippen molar-refractivity contribution >= 4 is 27.3 Å². The van der Waals surface area contributed by atoms with Gasteiger partial charge in [-0.2, -0.15) is 0 Å². The van der Waals surface area contributed by atoms with E-state index in [1.54, 1.807) is 31.2 Å². The van der Waals surface area contributed by atoms with Crippen LogP contribution < -0.4 is 10.0 Å². The molecule has 3 aromatic rings. The zero-order valence-electron chi connectivity index (χ0n) is 15.0. The number of nitrogens with one attached hydrogen (secondary N) is 2. The Bertz CT molecular complexity index is 1180. The van der Waals surface area contributed by atoms with Gasteiger partial charge in [0.1, 0.15) is 5.82 Å². The molecule has 150 valence electrons. The number of halogens is 3. The lowest BCUT2D eigenvalue weighted by molar-refractivity contribution is 0.102. The molecule has 3 rings (SSSR count). The Hall–Kier alpha value is -3.33. The summed E-state index contributed by atoms with van der Waals surface area (Å²) in [6.45, 7) is 1.75. The molecule has 0 bridgehead atoms. The van der Waals surface area contributed by atoms with Gasteiger partial charge in [0.2, 0.25) is 0 Å². The van der Waals surface area contributed by atoms with Gasteiger partial charge < -0.3 is 5.32 Å². The molecule has 0 unspecified atom stereocenters. The van der Waals surface area contributed by atoms with Crippen LogP contribution in [0.15, 0.2) is 65.6 Å². The predicted octanol–water partition coefficient (Wildman–Crippen LogP) is 4.47. The van der Waals surface area contributed by atoms with Gasteiger partial charge >= 0.3 is 0 Å². The second kappa shape index (κ2) is 7.96. The first-order valence-electron chi connectivity index (χ1n) is 8.32. The van der Waals surface area contributed by atoms with Gasteiger partial charge in [-0.05, 0) is 42.8 Å². The smallest absolute Gasteiger partial charge is 0.261 e. The molecule has 0 fully saturated rings. The number of anilines is 2. The number of amides is 1. The van der Waals surface area contributed by atoms with E-state index in [2.05, 4.69) is 10.0 Å². The van der Waals surface area contributed by atoms with E-state index >= 15 is 0 Å². The van der Waals surface area contributed by atoms with Crippen LogP contribution in [0.3, 0.4) is 0 Å². The van der Waals surface area contributed by atoms with Gasteiger partial charge in [0, 0.05) is 17.7 Å². The van der Waals surface area contributed by atoms with Crippen LogP contribution in [0.5, 0.6) is 0 Å². The molecule has 3 aromatic carbocycles. The molecule has 29 heavy (non-hydrogen) atoms. The molecule has 9 heteroatoms. The van der Waals surface area contributed by atoms with Gasteiger partial charge in [-0.15, -0.1) is 0 Å². The first-order valence-corrected chi connectivity index (χ1v) is 9.80. The van der Waals surface area contributed by atoms with E-state index < -0.39 is 39.1 Å². The molecular formula is C20H15F3N2O3S. The van der Waals surface area contributed by atoms with Crippen LogP contribution in [-0.4, -0.2) is 14.3 Å². The average Bonchev–Trinajstić information content (AvgIpc) is 2.68. The number of carbonyl (C=O) groups is 1. The highest BCUT2D eigenvalue weighted by Gasteiger charge is 2.17. The molecule has 0 atom stereocenters. The molecule has 0 saturated heterocycles. The van der Waals surface area contributed by atoms with E-state index in [1.165, 1.54) is 24.3 Å². The van der Waals surface area contributed by atoms with Gasteiger partial charge in [0.25, 0.3) is 15.9 Å². The molecule has 0 aliphatic carbocycles. The summed E-state index contributed by atoms with van der Waals surface area (Å²) in [6, 6.07) is 12.5. The first kappa shape index (κ1) is 20.4. The molecule has 0 saturated carbocycles. The number of hydrogen-bond acceptors (Lipinski definition) is 3. The van der Waals surface area contributed by atoms with Crippen molar-refractivity contribution in [2.45, 2.75) is 11.8 Å². The van der Waals surface area contributed by atoms with Crippen molar-refractivity contribution in [3.05, 3.63) is 89.2 Å². The lowest BCUT2D eigenvalue weighted by atomic mass is 10.2. The Morgan fingerprint density at radius 3 is 2.10 bits per heavy atom. The Morgan fingerprint density at radius 1 is 0.828 bits per heavy atom. The largest absolute Gasteiger partial charge is 0.319 e. The number of hydrogen-bond donors (Lipinski definition) is 2. The number of aryl methyl sites for hydroxylation is 1. The van der Waals surface area contributed by atoms with Crippen LogP contribution in [0.1, 0.15) is 15.9 Å². The van der Waals surface area contributed by atoms with Gasteiger partial charge in [-0.1, -0.05) is 18.2 Å². The number of benzene rings is 3. The van der Waals surface area contributed by atoms with Gasteiger partial charge in [0.15, 0.2) is 11.6 Å². The van der Waals surface area contributed by atoms with Crippen molar-refractivity contribution in [2.24, 2.45) is 0 Å². The third-order valence-electron chi connectivity index (χ3n) is 4.07. The maximum Gasteiger partial charge on any atom is 0.261 e. The second-order valence-electron chi connectivity index (χ2n) is 6.15. The summed E-state index contributed by atoms with van der Waals surface area (Å²) < 4.78 is 67.3. The van der Waals surface area contributed by atoms with Crippen molar-refractivity contribution in [1.82, 2.24) is 0 Å². The molecule has 1 amide bonds. The maximum absolute atomic E-state index is 13.7. The fourth-order valence-corrected chi connectivity index (χ4v) is 3.62. The van der Waals surface area contributed by atoms with Gasteiger partial charge in [-0.3, -0.25) is 9.52 Å². The zero-order chi connectivity index (χ0) is 21.2. The lowest BCUT2D eigenvalue weighted by Gasteiger charge is -2.11. The van der Waals surface area contributed by atoms with E-state index in [4.69, 9.17) is 0 Å². The highest BCUT2D eigenvalue weighted by atomic mass is 32.2. The number of para-hydroxylation sites is 1. The number of rotatable bonds is 5. The predicted molar refractivity (Wildman–Crippen MR) is 103 cm³/mol. The topological polar surface area (TPSA) is 75.3 Å². The van der Waals surface area contributed by atoms with Crippen LogP contribution >= 0.6 is 0 Å². The molecule has 0 radical (unpaired) electrons. The summed E-state index contributed by atoms with van der Waals surface area (Å²) in [4.78, 5) is 12.1. The maximum atomic E-state index is 13.7. The van der Waals surface area contributed by atoms with Crippen LogP contribution in [0.4, 0.5) is 24.5 Å². The third-order valence-corrected chi connectivity index (χ3v) is 5.46. The van der Waals surface area contributed by atoms with E-state index in [0.717, 1.165) is 5.56 Å². The van der Waals surface area contributed by atoms with Crippen LogP contribution in [0.2, 0.25) is 0 Å².